The van der Waals surface area contributed by atoms with Crippen LogP contribution in [-0.4, -0.2) is 56.3 Å². The van der Waals surface area contributed by atoms with Crippen LogP contribution in [-0.2, 0) is 7.05 Å². The Hall–Kier alpha value is -2.71. The molecule has 1 aliphatic rings. The summed E-state index contributed by atoms with van der Waals surface area (Å²) in [5.41, 5.74) is 1.06. The van der Waals surface area contributed by atoms with Crippen molar-refractivity contribution >= 4 is 28.5 Å². The van der Waals surface area contributed by atoms with Gasteiger partial charge in [0.15, 0.2) is 11.2 Å². The molecule has 4 rings (SSSR count). The van der Waals surface area contributed by atoms with E-state index >= 15 is 0 Å². The molecule has 0 aliphatic carbocycles. The second-order valence-electron chi connectivity index (χ2n) is 7.25. The molecule has 1 fully saturated rings. The van der Waals surface area contributed by atoms with E-state index in [9.17, 15) is 9.59 Å². The monoisotopic (exact) mass is 414 g/mol. The van der Waals surface area contributed by atoms with E-state index in [1.165, 1.54) is 34.8 Å². The predicted octanol–water partition coefficient (Wildman–Crippen LogP) is 1.99. The first-order valence-electron chi connectivity index (χ1n) is 9.75. The van der Waals surface area contributed by atoms with Gasteiger partial charge in [-0.2, -0.15) is 5.10 Å². The van der Waals surface area contributed by atoms with Crippen LogP contribution in [0.2, 0.25) is 5.02 Å². The molecule has 1 saturated heterocycles. The third kappa shape index (κ3) is 4.04. The number of fused-ring (bicyclic) bond motifs is 1. The summed E-state index contributed by atoms with van der Waals surface area (Å²) in [7, 11) is 1.62. The second kappa shape index (κ2) is 8.34. The number of carbonyl (C=O) groups excluding carboxylic acids is 1. The second-order valence-corrected chi connectivity index (χ2v) is 7.69. The first kappa shape index (κ1) is 19.6. The molecule has 0 bridgehead atoms. The molecule has 1 amide bonds. The lowest BCUT2D eigenvalue weighted by atomic mass is 10.1. The Morgan fingerprint density at radius 1 is 1.17 bits per heavy atom. The zero-order valence-electron chi connectivity index (χ0n) is 16.3. The molecule has 152 valence electrons. The van der Waals surface area contributed by atoms with Crippen LogP contribution in [0.15, 0.2) is 35.4 Å². The molecular formula is C20H23ClN6O2. The molecule has 0 saturated carbocycles. The number of rotatable bonds is 5. The molecule has 2 aromatic heterocycles. The van der Waals surface area contributed by atoms with Gasteiger partial charge in [-0.05, 0) is 50.2 Å². The van der Waals surface area contributed by atoms with Gasteiger partial charge in [0.2, 0.25) is 0 Å². The summed E-state index contributed by atoms with van der Waals surface area (Å²) in [6.45, 7) is 3.47. The molecule has 0 unspecified atom stereocenters. The molecule has 0 atom stereocenters. The van der Waals surface area contributed by atoms with E-state index in [1.807, 2.05) is 0 Å². The number of aromatic nitrogens is 4. The number of carbonyl (C=O) groups is 1. The highest BCUT2D eigenvalue weighted by Gasteiger charge is 2.22. The quantitative estimate of drug-likeness (QED) is 0.690. The lowest BCUT2D eigenvalue weighted by Crippen LogP contribution is -2.37. The SMILES string of the molecule is Cn1cnc2c(C(=O)NCCN3CCCCC3)nn(-c3ccc(Cl)cc3)c2c1=O. The van der Waals surface area contributed by atoms with Crippen LogP contribution in [0.25, 0.3) is 16.7 Å². The normalized spacial score (nSPS) is 15.0. The summed E-state index contributed by atoms with van der Waals surface area (Å²) in [5.74, 6) is -0.333. The molecule has 1 aromatic carbocycles. The fourth-order valence-electron chi connectivity index (χ4n) is 3.60. The van der Waals surface area contributed by atoms with E-state index in [-0.39, 0.29) is 22.7 Å². The van der Waals surface area contributed by atoms with Crippen molar-refractivity contribution in [3.8, 4) is 5.69 Å². The van der Waals surface area contributed by atoms with Gasteiger partial charge in [0.25, 0.3) is 11.5 Å². The topological polar surface area (TPSA) is 85.1 Å². The average Bonchev–Trinajstić information content (AvgIpc) is 3.12. The lowest BCUT2D eigenvalue weighted by Gasteiger charge is -2.26. The summed E-state index contributed by atoms with van der Waals surface area (Å²) in [4.78, 5) is 32.2. The molecule has 1 aliphatic heterocycles. The third-order valence-electron chi connectivity index (χ3n) is 5.19. The number of nitrogens with zero attached hydrogens (tertiary/aromatic N) is 5. The van der Waals surface area contributed by atoms with Crippen molar-refractivity contribution in [1.29, 1.82) is 0 Å². The number of aryl methyl sites for hydroxylation is 1. The Labute approximate surface area is 173 Å². The minimum Gasteiger partial charge on any atom is -0.349 e. The number of piperidine rings is 1. The molecule has 8 nitrogen and oxygen atoms in total. The van der Waals surface area contributed by atoms with Gasteiger partial charge in [0.1, 0.15) is 5.52 Å². The van der Waals surface area contributed by atoms with Crippen molar-refractivity contribution in [3.63, 3.8) is 0 Å². The van der Waals surface area contributed by atoms with Gasteiger partial charge in [0.05, 0.1) is 12.0 Å². The van der Waals surface area contributed by atoms with Crippen molar-refractivity contribution in [2.24, 2.45) is 7.05 Å². The number of hydrogen-bond donors (Lipinski definition) is 1. The molecular weight excluding hydrogens is 392 g/mol. The number of halogens is 1. The number of hydrogen-bond acceptors (Lipinski definition) is 5. The summed E-state index contributed by atoms with van der Waals surface area (Å²) >= 11 is 5.97. The standard InChI is InChI=1S/C20H23ClN6O2/c1-25-13-23-16-17(19(28)22-9-12-26-10-3-2-4-11-26)24-27(18(16)20(25)29)15-7-5-14(21)6-8-15/h5-8,13H,2-4,9-12H2,1H3,(H,22,28). The zero-order valence-corrected chi connectivity index (χ0v) is 17.0. The number of likely N-dealkylation sites (tertiary alicyclic amines) is 1. The van der Waals surface area contributed by atoms with Crippen LogP contribution in [0.3, 0.4) is 0 Å². The Bertz CT molecular complexity index is 1080. The molecule has 9 heteroatoms. The summed E-state index contributed by atoms with van der Waals surface area (Å²) in [6.07, 6.45) is 5.09. The van der Waals surface area contributed by atoms with Gasteiger partial charge in [-0.25, -0.2) is 9.67 Å². The highest BCUT2D eigenvalue weighted by atomic mass is 35.5. The van der Waals surface area contributed by atoms with Crippen molar-refractivity contribution in [2.75, 3.05) is 26.2 Å². The van der Waals surface area contributed by atoms with Crippen molar-refractivity contribution in [3.05, 3.63) is 51.7 Å². The van der Waals surface area contributed by atoms with Crippen LogP contribution >= 0.6 is 11.6 Å². The number of amides is 1. The molecule has 0 radical (unpaired) electrons. The first-order chi connectivity index (χ1) is 14.0. The molecule has 3 heterocycles. The summed E-state index contributed by atoms with van der Waals surface area (Å²) in [5, 5.41) is 7.92. The van der Waals surface area contributed by atoms with Gasteiger partial charge >= 0.3 is 0 Å². The van der Waals surface area contributed by atoms with Crippen LogP contribution in [0, 0.1) is 0 Å². The summed E-state index contributed by atoms with van der Waals surface area (Å²) in [6, 6.07) is 6.92. The lowest BCUT2D eigenvalue weighted by molar-refractivity contribution is 0.0942. The van der Waals surface area contributed by atoms with E-state index in [0.717, 1.165) is 19.6 Å². The van der Waals surface area contributed by atoms with Gasteiger partial charge in [0, 0.05) is 25.2 Å². The predicted molar refractivity (Wildman–Crippen MR) is 112 cm³/mol. The van der Waals surface area contributed by atoms with E-state index in [0.29, 0.717) is 22.8 Å². The Morgan fingerprint density at radius 3 is 2.62 bits per heavy atom. The number of benzene rings is 1. The minimum absolute atomic E-state index is 0.145. The van der Waals surface area contributed by atoms with Gasteiger partial charge in [-0.3, -0.25) is 9.59 Å². The van der Waals surface area contributed by atoms with Crippen molar-refractivity contribution < 1.29 is 4.79 Å². The van der Waals surface area contributed by atoms with E-state index in [2.05, 4.69) is 20.3 Å². The van der Waals surface area contributed by atoms with E-state index < -0.39 is 0 Å². The summed E-state index contributed by atoms with van der Waals surface area (Å²) < 4.78 is 2.83. The smallest absolute Gasteiger partial charge is 0.279 e. The van der Waals surface area contributed by atoms with E-state index in [1.54, 1.807) is 31.3 Å². The van der Waals surface area contributed by atoms with Crippen LogP contribution in [0.1, 0.15) is 29.8 Å². The Kier molecular flexibility index (Phi) is 5.64. The van der Waals surface area contributed by atoms with E-state index in [4.69, 9.17) is 11.6 Å². The third-order valence-corrected chi connectivity index (χ3v) is 5.44. The van der Waals surface area contributed by atoms with Gasteiger partial charge in [-0.1, -0.05) is 18.0 Å². The van der Waals surface area contributed by atoms with Crippen molar-refractivity contribution in [1.82, 2.24) is 29.5 Å². The number of nitrogens with one attached hydrogen (secondary N) is 1. The zero-order chi connectivity index (χ0) is 20.4. The van der Waals surface area contributed by atoms with Crippen LogP contribution < -0.4 is 10.9 Å². The maximum atomic E-state index is 12.8. The van der Waals surface area contributed by atoms with Crippen LogP contribution in [0.5, 0.6) is 0 Å². The van der Waals surface area contributed by atoms with Gasteiger partial charge in [-0.15, -0.1) is 0 Å². The largest absolute Gasteiger partial charge is 0.349 e. The van der Waals surface area contributed by atoms with Crippen molar-refractivity contribution in [2.45, 2.75) is 19.3 Å². The fourth-order valence-corrected chi connectivity index (χ4v) is 3.73. The highest BCUT2D eigenvalue weighted by molar-refractivity contribution is 6.30. The molecule has 0 spiro atoms. The Morgan fingerprint density at radius 2 is 1.90 bits per heavy atom. The maximum absolute atomic E-state index is 12.8. The average molecular weight is 415 g/mol. The van der Waals surface area contributed by atoms with Crippen LogP contribution in [0.4, 0.5) is 0 Å². The highest BCUT2D eigenvalue weighted by Crippen LogP contribution is 2.19. The minimum atomic E-state index is -0.333. The first-order valence-corrected chi connectivity index (χ1v) is 10.1. The maximum Gasteiger partial charge on any atom is 0.279 e. The fraction of sp³-hybridized carbons (Fsp3) is 0.400. The molecule has 29 heavy (non-hydrogen) atoms. The molecule has 1 N–H and O–H groups in total. The molecule has 3 aromatic rings. The Balaban J connectivity index is 1.63. The van der Waals surface area contributed by atoms with Gasteiger partial charge < -0.3 is 14.8 Å².